The van der Waals surface area contributed by atoms with E-state index in [-0.39, 0.29) is 11.7 Å². The molecular weight excluding hydrogens is 440 g/mol. The van der Waals surface area contributed by atoms with Gasteiger partial charge in [-0.05, 0) is 83.0 Å². The normalized spacial score (nSPS) is 14.5. The highest BCUT2D eigenvalue weighted by Crippen LogP contribution is 2.39. The maximum atomic E-state index is 13.2. The Labute approximate surface area is 207 Å². The Morgan fingerprint density at radius 1 is 1.00 bits per heavy atom. The van der Waals surface area contributed by atoms with Gasteiger partial charge in [-0.15, -0.1) is 0 Å². The first kappa shape index (κ1) is 24.6. The third kappa shape index (κ3) is 4.83. The Morgan fingerprint density at radius 3 is 2.26 bits per heavy atom. The Morgan fingerprint density at radius 2 is 1.66 bits per heavy atom. The van der Waals surface area contributed by atoms with Gasteiger partial charge in [0.2, 0.25) is 5.91 Å². The van der Waals surface area contributed by atoms with Crippen molar-refractivity contribution in [2.45, 2.75) is 41.5 Å². The van der Waals surface area contributed by atoms with Crippen molar-refractivity contribution in [1.82, 2.24) is 4.90 Å². The van der Waals surface area contributed by atoms with Crippen LogP contribution in [0.1, 0.15) is 53.6 Å². The molecule has 1 aliphatic heterocycles. The molecule has 1 fully saturated rings. The van der Waals surface area contributed by atoms with E-state index in [0.717, 1.165) is 63.5 Å². The second-order valence-electron chi connectivity index (χ2n) is 9.21. The Balaban J connectivity index is 1.52. The number of rotatable bonds is 6. The molecule has 0 aliphatic carbocycles. The monoisotopic (exact) mass is 474 g/mol. The number of ketones is 1. The number of piperazine rings is 1. The summed E-state index contributed by atoms with van der Waals surface area (Å²) >= 11 is 0. The lowest BCUT2D eigenvalue weighted by Crippen LogP contribution is -2.48. The van der Waals surface area contributed by atoms with E-state index >= 15 is 0 Å². The molecule has 0 saturated carbocycles. The average molecular weight is 475 g/mol. The average Bonchev–Trinajstić information content (AvgIpc) is 3.14. The number of allylic oxidation sites excluding steroid dienone is 1. The van der Waals surface area contributed by atoms with Crippen LogP contribution in [0.25, 0.3) is 16.5 Å². The summed E-state index contributed by atoms with van der Waals surface area (Å²) in [7, 11) is 0. The van der Waals surface area contributed by atoms with Gasteiger partial charge in [-0.3, -0.25) is 9.59 Å². The molecule has 2 heterocycles. The van der Waals surface area contributed by atoms with Gasteiger partial charge in [0.1, 0.15) is 17.1 Å². The van der Waals surface area contributed by atoms with Crippen molar-refractivity contribution in [2.75, 3.05) is 37.7 Å². The summed E-state index contributed by atoms with van der Waals surface area (Å²) in [6.07, 6.45) is 1.72. The standard InChI is InChI=1S/C29H34N2O4/c1-7-34-28-20(4)29-26(19(3)22(6)35-29)17-25(28)18(2)16-27(33)31-14-12-30(13-15-31)24-10-8-23(9-11-24)21(5)32/h8-11,16-17H,7,12-15H2,1-6H3/b18-16+. The maximum absolute atomic E-state index is 13.2. The Kier molecular flexibility index (Phi) is 7.01. The summed E-state index contributed by atoms with van der Waals surface area (Å²) in [4.78, 5) is 28.8. The van der Waals surface area contributed by atoms with Gasteiger partial charge in [0.25, 0.3) is 0 Å². The zero-order valence-electron chi connectivity index (χ0n) is 21.5. The number of hydrogen-bond donors (Lipinski definition) is 0. The van der Waals surface area contributed by atoms with E-state index in [1.165, 1.54) is 0 Å². The van der Waals surface area contributed by atoms with Gasteiger partial charge >= 0.3 is 0 Å². The minimum Gasteiger partial charge on any atom is -0.493 e. The van der Waals surface area contributed by atoms with Crippen LogP contribution >= 0.6 is 0 Å². The molecule has 4 rings (SSSR count). The smallest absolute Gasteiger partial charge is 0.246 e. The maximum Gasteiger partial charge on any atom is 0.246 e. The number of carbonyl (C=O) groups excluding carboxylic acids is 2. The number of hydrogen-bond acceptors (Lipinski definition) is 5. The van der Waals surface area contributed by atoms with Crippen molar-refractivity contribution in [3.05, 3.63) is 64.4 Å². The number of fused-ring (bicyclic) bond motifs is 1. The molecule has 0 unspecified atom stereocenters. The predicted octanol–water partition coefficient (Wildman–Crippen LogP) is 5.71. The van der Waals surface area contributed by atoms with Gasteiger partial charge < -0.3 is 19.0 Å². The fraction of sp³-hybridized carbons (Fsp3) is 0.379. The summed E-state index contributed by atoms with van der Waals surface area (Å²) in [5, 5.41) is 1.06. The highest BCUT2D eigenvalue weighted by atomic mass is 16.5. The lowest BCUT2D eigenvalue weighted by atomic mass is 9.98. The molecule has 0 atom stereocenters. The molecule has 1 aliphatic rings. The minimum absolute atomic E-state index is 0.00868. The van der Waals surface area contributed by atoms with Crippen molar-refractivity contribution in [3.8, 4) is 5.75 Å². The number of benzene rings is 2. The molecule has 0 radical (unpaired) electrons. The predicted molar refractivity (Wildman–Crippen MR) is 140 cm³/mol. The van der Waals surface area contributed by atoms with E-state index in [0.29, 0.717) is 25.3 Å². The van der Waals surface area contributed by atoms with Gasteiger partial charge in [0, 0.05) is 60.0 Å². The number of Topliss-reactive ketones (excluding diaryl/α,β-unsaturated/α-hetero) is 1. The third-order valence-electron chi connectivity index (χ3n) is 6.93. The second kappa shape index (κ2) is 9.98. The van der Waals surface area contributed by atoms with Gasteiger partial charge in [-0.1, -0.05) is 0 Å². The number of furan rings is 1. The van der Waals surface area contributed by atoms with Crippen LogP contribution in [-0.4, -0.2) is 49.4 Å². The minimum atomic E-state index is 0.00868. The van der Waals surface area contributed by atoms with Crippen LogP contribution in [0.2, 0.25) is 0 Å². The molecule has 0 spiro atoms. The van der Waals surface area contributed by atoms with E-state index in [1.54, 1.807) is 13.0 Å². The molecule has 1 amide bonds. The van der Waals surface area contributed by atoms with Crippen LogP contribution in [0, 0.1) is 20.8 Å². The van der Waals surface area contributed by atoms with E-state index in [1.807, 2.05) is 56.9 Å². The zero-order valence-corrected chi connectivity index (χ0v) is 21.5. The van der Waals surface area contributed by atoms with E-state index in [9.17, 15) is 9.59 Å². The van der Waals surface area contributed by atoms with Gasteiger partial charge in [0.15, 0.2) is 5.78 Å². The zero-order chi connectivity index (χ0) is 25.3. The van der Waals surface area contributed by atoms with Crippen LogP contribution in [0.15, 0.2) is 40.8 Å². The van der Waals surface area contributed by atoms with E-state index in [2.05, 4.69) is 17.9 Å². The molecule has 35 heavy (non-hydrogen) atoms. The van der Waals surface area contributed by atoms with Crippen molar-refractivity contribution in [1.29, 1.82) is 0 Å². The Hall–Kier alpha value is -3.54. The van der Waals surface area contributed by atoms with Crippen LogP contribution in [0.3, 0.4) is 0 Å². The quantitative estimate of drug-likeness (QED) is 0.338. The molecule has 0 bridgehead atoms. The first-order chi connectivity index (χ1) is 16.7. The summed E-state index contributed by atoms with van der Waals surface area (Å²) in [6.45, 7) is 14.9. The SMILES string of the molecule is CCOc1c(/C(C)=C/C(=O)N2CCN(c3ccc(C(C)=O)cc3)CC2)cc2c(C)c(C)oc2c1C. The number of nitrogens with zero attached hydrogens (tertiary/aromatic N) is 2. The highest BCUT2D eigenvalue weighted by molar-refractivity contribution is 5.98. The fourth-order valence-corrected chi connectivity index (χ4v) is 4.68. The highest BCUT2D eigenvalue weighted by Gasteiger charge is 2.22. The van der Waals surface area contributed by atoms with Crippen LogP contribution in [0.4, 0.5) is 5.69 Å². The molecule has 6 nitrogen and oxygen atoms in total. The second-order valence-corrected chi connectivity index (χ2v) is 9.21. The molecule has 1 saturated heterocycles. The molecular formula is C29H34N2O4. The third-order valence-corrected chi connectivity index (χ3v) is 6.93. The molecule has 0 N–H and O–H groups in total. The van der Waals surface area contributed by atoms with Gasteiger partial charge in [-0.25, -0.2) is 0 Å². The van der Waals surface area contributed by atoms with Crippen molar-refractivity contribution < 1.29 is 18.7 Å². The van der Waals surface area contributed by atoms with Crippen molar-refractivity contribution >= 4 is 33.9 Å². The number of anilines is 1. The summed E-state index contributed by atoms with van der Waals surface area (Å²) in [5.41, 5.74) is 6.51. The molecule has 6 heteroatoms. The van der Waals surface area contributed by atoms with Crippen LogP contribution in [0.5, 0.6) is 5.75 Å². The lowest BCUT2D eigenvalue weighted by Gasteiger charge is -2.35. The van der Waals surface area contributed by atoms with E-state index < -0.39 is 0 Å². The Bertz CT molecular complexity index is 1290. The largest absolute Gasteiger partial charge is 0.493 e. The topological polar surface area (TPSA) is 63.0 Å². The van der Waals surface area contributed by atoms with Crippen molar-refractivity contribution in [3.63, 3.8) is 0 Å². The van der Waals surface area contributed by atoms with Gasteiger partial charge in [0.05, 0.1) is 6.61 Å². The van der Waals surface area contributed by atoms with Crippen LogP contribution < -0.4 is 9.64 Å². The fourth-order valence-electron chi connectivity index (χ4n) is 4.68. The number of carbonyl (C=O) groups is 2. The van der Waals surface area contributed by atoms with Crippen molar-refractivity contribution in [2.24, 2.45) is 0 Å². The number of ether oxygens (including phenoxy) is 1. The summed E-state index contributed by atoms with van der Waals surface area (Å²) in [5.74, 6) is 1.74. The molecule has 184 valence electrons. The van der Waals surface area contributed by atoms with E-state index in [4.69, 9.17) is 9.15 Å². The first-order valence-corrected chi connectivity index (χ1v) is 12.2. The summed E-state index contributed by atoms with van der Waals surface area (Å²) < 4.78 is 12.0. The molecule has 3 aromatic rings. The van der Waals surface area contributed by atoms with Crippen LogP contribution in [-0.2, 0) is 4.79 Å². The first-order valence-electron chi connectivity index (χ1n) is 12.2. The van der Waals surface area contributed by atoms with Gasteiger partial charge in [-0.2, -0.15) is 0 Å². The molecule has 1 aromatic heterocycles. The number of aryl methyl sites for hydroxylation is 3. The number of amides is 1. The summed E-state index contributed by atoms with van der Waals surface area (Å²) in [6, 6.07) is 9.76. The molecule has 2 aromatic carbocycles. The lowest BCUT2D eigenvalue weighted by molar-refractivity contribution is -0.126.